The van der Waals surface area contributed by atoms with Crippen molar-refractivity contribution in [2.45, 2.75) is 11.5 Å². The van der Waals surface area contributed by atoms with Gasteiger partial charge in [0, 0.05) is 5.56 Å². The van der Waals surface area contributed by atoms with E-state index in [-0.39, 0.29) is 5.56 Å². The average Bonchev–Trinajstić information content (AvgIpc) is 2.43. The van der Waals surface area contributed by atoms with E-state index in [1.54, 1.807) is 0 Å². The van der Waals surface area contributed by atoms with Gasteiger partial charge in [-0.1, -0.05) is 12.1 Å². The normalized spacial score (nSPS) is 11.4. The van der Waals surface area contributed by atoms with Crippen molar-refractivity contribution in [1.29, 1.82) is 0 Å². The fraction of sp³-hybridized carbons (Fsp3) is 0.0769. The summed E-state index contributed by atoms with van der Waals surface area (Å²) in [6.45, 7) is -0.590. The van der Waals surface area contributed by atoms with E-state index in [9.17, 15) is 21.6 Å². The molecule has 4 nitrogen and oxygen atoms in total. The molecule has 112 valence electrons. The lowest BCUT2D eigenvalue weighted by Gasteiger charge is -2.12. The van der Waals surface area contributed by atoms with E-state index < -0.39 is 44.7 Å². The molecular formula is C13H10F3NO3S. The van der Waals surface area contributed by atoms with Gasteiger partial charge in [0.25, 0.3) is 10.0 Å². The van der Waals surface area contributed by atoms with Gasteiger partial charge in [-0.3, -0.25) is 4.72 Å². The second kappa shape index (κ2) is 5.74. The molecule has 2 aromatic rings. The molecule has 0 saturated carbocycles. The highest BCUT2D eigenvalue weighted by Gasteiger charge is 2.20. The van der Waals surface area contributed by atoms with Crippen LogP contribution in [0.15, 0.2) is 41.3 Å². The highest BCUT2D eigenvalue weighted by Crippen LogP contribution is 2.24. The van der Waals surface area contributed by atoms with E-state index >= 15 is 0 Å². The van der Waals surface area contributed by atoms with Gasteiger partial charge in [0.05, 0.1) is 17.2 Å². The van der Waals surface area contributed by atoms with E-state index in [1.807, 2.05) is 4.72 Å². The highest BCUT2D eigenvalue weighted by molar-refractivity contribution is 7.92. The third-order valence-corrected chi connectivity index (χ3v) is 4.06. The summed E-state index contributed by atoms with van der Waals surface area (Å²) in [5.74, 6) is -3.43. The summed E-state index contributed by atoms with van der Waals surface area (Å²) in [4.78, 5) is -0.562. The Morgan fingerprint density at radius 1 is 1.00 bits per heavy atom. The lowest BCUT2D eigenvalue weighted by molar-refractivity contribution is 0.282. The monoisotopic (exact) mass is 317 g/mol. The summed E-state index contributed by atoms with van der Waals surface area (Å²) >= 11 is 0. The zero-order valence-corrected chi connectivity index (χ0v) is 11.3. The Morgan fingerprint density at radius 2 is 1.71 bits per heavy atom. The first-order valence-corrected chi connectivity index (χ1v) is 7.19. The molecule has 0 atom stereocenters. The van der Waals surface area contributed by atoms with Crippen LogP contribution >= 0.6 is 0 Å². The third kappa shape index (κ3) is 3.17. The Morgan fingerprint density at radius 3 is 2.33 bits per heavy atom. The van der Waals surface area contributed by atoms with E-state index in [2.05, 4.69) is 0 Å². The van der Waals surface area contributed by atoms with Crippen LogP contribution in [0.5, 0.6) is 0 Å². The van der Waals surface area contributed by atoms with Crippen molar-refractivity contribution in [3.8, 4) is 0 Å². The molecule has 0 spiro atoms. The Balaban J connectivity index is 2.44. The molecule has 0 amide bonds. The Bertz CT molecular complexity index is 778. The zero-order chi connectivity index (χ0) is 15.6. The van der Waals surface area contributed by atoms with Crippen LogP contribution in [0.2, 0.25) is 0 Å². The first-order chi connectivity index (χ1) is 9.85. The van der Waals surface area contributed by atoms with Crippen molar-refractivity contribution in [2.75, 3.05) is 4.72 Å². The van der Waals surface area contributed by atoms with Crippen LogP contribution in [-0.2, 0) is 16.6 Å². The summed E-state index contributed by atoms with van der Waals surface area (Å²) < 4.78 is 65.6. The fourth-order valence-corrected chi connectivity index (χ4v) is 2.77. The number of hydrogen-bond acceptors (Lipinski definition) is 3. The molecule has 0 aliphatic heterocycles. The second-order valence-electron chi connectivity index (χ2n) is 4.11. The van der Waals surface area contributed by atoms with Crippen LogP contribution < -0.4 is 4.72 Å². The van der Waals surface area contributed by atoms with E-state index in [1.165, 1.54) is 12.1 Å². The molecule has 2 N–H and O–H groups in total. The van der Waals surface area contributed by atoms with Crippen molar-refractivity contribution in [2.24, 2.45) is 0 Å². The number of rotatable bonds is 4. The molecule has 0 heterocycles. The summed E-state index contributed by atoms with van der Waals surface area (Å²) in [6.07, 6.45) is 0. The number of sulfonamides is 1. The van der Waals surface area contributed by atoms with Crippen molar-refractivity contribution < 1.29 is 26.7 Å². The molecule has 21 heavy (non-hydrogen) atoms. The maximum atomic E-state index is 13.7. The van der Waals surface area contributed by atoms with Gasteiger partial charge >= 0.3 is 0 Å². The maximum absolute atomic E-state index is 13.7. The minimum atomic E-state index is -4.32. The van der Waals surface area contributed by atoms with Gasteiger partial charge in [-0.2, -0.15) is 0 Å². The molecule has 2 rings (SSSR count). The summed E-state index contributed by atoms with van der Waals surface area (Å²) in [7, 11) is -4.32. The van der Waals surface area contributed by atoms with Gasteiger partial charge in [-0.15, -0.1) is 0 Å². The second-order valence-corrected chi connectivity index (χ2v) is 5.80. The fourth-order valence-electron chi connectivity index (χ4n) is 1.65. The number of benzene rings is 2. The van der Waals surface area contributed by atoms with E-state index in [4.69, 9.17) is 5.11 Å². The molecule has 0 radical (unpaired) electrons. The molecule has 0 aliphatic rings. The number of halogens is 3. The Hall–Kier alpha value is -2.06. The van der Waals surface area contributed by atoms with Gasteiger partial charge in [-0.25, -0.2) is 21.6 Å². The van der Waals surface area contributed by atoms with Gasteiger partial charge in [-0.05, 0) is 24.3 Å². The molecule has 0 unspecified atom stereocenters. The molecular weight excluding hydrogens is 307 g/mol. The van der Waals surface area contributed by atoms with Gasteiger partial charge < -0.3 is 5.11 Å². The molecule has 0 aliphatic carbocycles. The largest absolute Gasteiger partial charge is 0.392 e. The standard InChI is InChI=1S/C13H10F3NO3S/c14-10-5-4-9(6-12(10)16)21(19,20)17-13-8(7-18)2-1-3-11(13)15/h1-6,17-18H,7H2. The van der Waals surface area contributed by atoms with E-state index in [0.29, 0.717) is 12.1 Å². The number of aliphatic hydroxyl groups is 1. The van der Waals surface area contributed by atoms with E-state index in [0.717, 1.165) is 12.1 Å². The first kappa shape index (κ1) is 15.3. The third-order valence-electron chi connectivity index (χ3n) is 2.71. The minimum absolute atomic E-state index is 0.0150. The molecule has 0 aromatic heterocycles. The quantitative estimate of drug-likeness (QED) is 0.910. The van der Waals surface area contributed by atoms with Crippen LogP contribution in [-0.4, -0.2) is 13.5 Å². The Kier molecular flexibility index (Phi) is 4.19. The topological polar surface area (TPSA) is 66.4 Å². The van der Waals surface area contributed by atoms with Gasteiger partial charge in [0.15, 0.2) is 11.6 Å². The van der Waals surface area contributed by atoms with Crippen molar-refractivity contribution in [3.63, 3.8) is 0 Å². The minimum Gasteiger partial charge on any atom is -0.392 e. The molecule has 0 fully saturated rings. The van der Waals surface area contributed by atoms with Gasteiger partial charge in [0.2, 0.25) is 0 Å². The van der Waals surface area contributed by atoms with Crippen LogP contribution in [0.1, 0.15) is 5.56 Å². The Labute approximate surface area is 118 Å². The molecule has 0 saturated heterocycles. The summed E-state index contributed by atoms with van der Waals surface area (Å²) in [5, 5.41) is 9.08. The van der Waals surface area contributed by atoms with Crippen LogP contribution in [0, 0.1) is 17.5 Å². The zero-order valence-electron chi connectivity index (χ0n) is 10.5. The highest BCUT2D eigenvalue weighted by atomic mass is 32.2. The van der Waals surface area contributed by atoms with Crippen LogP contribution in [0.3, 0.4) is 0 Å². The maximum Gasteiger partial charge on any atom is 0.262 e. The number of aliphatic hydroxyl groups excluding tert-OH is 1. The first-order valence-electron chi connectivity index (χ1n) is 5.71. The molecule has 0 bridgehead atoms. The predicted molar refractivity (Wildman–Crippen MR) is 69.5 cm³/mol. The summed E-state index contributed by atoms with van der Waals surface area (Å²) in [6, 6.07) is 5.61. The number of para-hydroxylation sites is 1. The van der Waals surface area contributed by atoms with Crippen LogP contribution in [0.25, 0.3) is 0 Å². The van der Waals surface area contributed by atoms with Gasteiger partial charge in [0.1, 0.15) is 5.82 Å². The number of nitrogens with one attached hydrogen (secondary N) is 1. The SMILES string of the molecule is O=S(=O)(Nc1c(F)cccc1CO)c1ccc(F)c(F)c1. The lowest BCUT2D eigenvalue weighted by atomic mass is 10.2. The van der Waals surface area contributed by atoms with Crippen molar-refractivity contribution in [1.82, 2.24) is 0 Å². The number of anilines is 1. The average molecular weight is 317 g/mol. The lowest BCUT2D eigenvalue weighted by Crippen LogP contribution is -2.16. The summed E-state index contributed by atoms with van der Waals surface area (Å²) in [5.41, 5.74) is -0.425. The number of hydrogen-bond donors (Lipinski definition) is 2. The smallest absolute Gasteiger partial charge is 0.262 e. The molecule has 2 aromatic carbocycles. The van der Waals surface area contributed by atoms with Crippen molar-refractivity contribution in [3.05, 3.63) is 59.4 Å². The predicted octanol–water partition coefficient (Wildman–Crippen LogP) is 2.40. The molecule has 8 heteroatoms. The van der Waals surface area contributed by atoms with Crippen molar-refractivity contribution >= 4 is 15.7 Å². The van der Waals surface area contributed by atoms with Crippen LogP contribution in [0.4, 0.5) is 18.9 Å².